The molecule has 1 amide bonds. The van der Waals surface area contributed by atoms with Crippen LogP contribution in [0.15, 0.2) is 48.5 Å². The minimum atomic E-state index is -0.0747. The van der Waals surface area contributed by atoms with Crippen LogP contribution in [0.1, 0.15) is 34.8 Å². The van der Waals surface area contributed by atoms with Crippen molar-refractivity contribution in [2.24, 2.45) is 0 Å². The zero-order valence-corrected chi connectivity index (χ0v) is 15.1. The van der Waals surface area contributed by atoms with Crippen molar-refractivity contribution >= 4 is 17.5 Å². The molecule has 0 saturated carbocycles. The van der Waals surface area contributed by atoms with E-state index < -0.39 is 0 Å². The van der Waals surface area contributed by atoms with Gasteiger partial charge < -0.3 is 10.1 Å². The number of rotatable bonds is 6. The van der Waals surface area contributed by atoms with E-state index in [4.69, 9.17) is 16.3 Å². The Morgan fingerprint density at radius 2 is 1.76 bits per heavy atom. The molecule has 4 nitrogen and oxygen atoms in total. The van der Waals surface area contributed by atoms with E-state index in [0.717, 1.165) is 18.8 Å². The SMILES string of the molecule is COc1ccc([C@@H](CNC(=O)c2ccc(Cl)cc2)N2CCCC2)cc1. The molecule has 3 rings (SSSR count). The van der Waals surface area contributed by atoms with Crippen LogP contribution in [0.5, 0.6) is 5.75 Å². The second-order valence-electron chi connectivity index (χ2n) is 6.25. The van der Waals surface area contributed by atoms with Gasteiger partial charge in [0.15, 0.2) is 0 Å². The molecule has 0 spiro atoms. The molecule has 1 aliphatic heterocycles. The minimum absolute atomic E-state index is 0.0747. The number of ether oxygens (including phenoxy) is 1. The van der Waals surface area contributed by atoms with E-state index >= 15 is 0 Å². The molecule has 1 N–H and O–H groups in total. The summed E-state index contributed by atoms with van der Waals surface area (Å²) in [6, 6.07) is 15.2. The normalized spacial score (nSPS) is 15.8. The maximum atomic E-state index is 12.4. The molecular weight excluding hydrogens is 336 g/mol. The zero-order chi connectivity index (χ0) is 17.6. The first-order valence-corrected chi connectivity index (χ1v) is 8.97. The number of carbonyl (C=O) groups is 1. The summed E-state index contributed by atoms with van der Waals surface area (Å²) in [5.41, 5.74) is 1.82. The molecule has 5 heteroatoms. The Hall–Kier alpha value is -2.04. The van der Waals surface area contributed by atoms with Crippen molar-refractivity contribution < 1.29 is 9.53 Å². The van der Waals surface area contributed by atoms with E-state index in [1.807, 2.05) is 12.1 Å². The summed E-state index contributed by atoms with van der Waals surface area (Å²) in [5, 5.41) is 3.70. The molecule has 2 aromatic rings. The summed E-state index contributed by atoms with van der Waals surface area (Å²) in [7, 11) is 1.67. The largest absolute Gasteiger partial charge is 0.497 e. The maximum Gasteiger partial charge on any atom is 0.251 e. The van der Waals surface area contributed by atoms with Crippen molar-refractivity contribution in [2.75, 3.05) is 26.7 Å². The van der Waals surface area contributed by atoms with Gasteiger partial charge in [0.1, 0.15) is 5.75 Å². The van der Waals surface area contributed by atoms with E-state index in [9.17, 15) is 4.79 Å². The van der Waals surface area contributed by atoms with Gasteiger partial charge in [-0.3, -0.25) is 9.69 Å². The zero-order valence-electron chi connectivity index (χ0n) is 14.4. The van der Waals surface area contributed by atoms with Crippen LogP contribution in [-0.2, 0) is 0 Å². The summed E-state index contributed by atoms with van der Waals surface area (Å²) < 4.78 is 5.25. The smallest absolute Gasteiger partial charge is 0.251 e. The van der Waals surface area contributed by atoms with Gasteiger partial charge in [0.05, 0.1) is 13.2 Å². The summed E-state index contributed by atoms with van der Waals surface area (Å²) in [6.07, 6.45) is 2.41. The second kappa shape index (κ2) is 8.37. The number of nitrogens with one attached hydrogen (secondary N) is 1. The third kappa shape index (κ3) is 4.53. The van der Waals surface area contributed by atoms with E-state index in [-0.39, 0.29) is 11.9 Å². The van der Waals surface area contributed by atoms with Crippen LogP contribution in [-0.4, -0.2) is 37.6 Å². The maximum absolute atomic E-state index is 12.4. The Balaban J connectivity index is 1.70. The third-order valence-electron chi connectivity index (χ3n) is 4.64. The van der Waals surface area contributed by atoms with Crippen LogP contribution in [0.25, 0.3) is 0 Å². The molecule has 0 aromatic heterocycles. The van der Waals surface area contributed by atoms with Gasteiger partial charge in [0, 0.05) is 17.1 Å². The van der Waals surface area contributed by atoms with E-state index in [0.29, 0.717) is 17.1 Å². The van der Waals surface area contributed by atoms with Crippen LogP contribution in [0, 0.1) is 0 Å². The number of hydrogen-bond acceptors (Lipinski definition) is 3. The van der Waals surface area contributed by atoms with E-state index in [1.54, 1.807) is 31.4 Å². The van der Waals surface area contributed by atoms with Crippen LogP contribution in [0.3, 0.4) is 0 Å². The van der Waals surface area contributed by atoms with Crippen molar-refractivity contribution in [1.29, 1.82) is 0 Å². The predicted octanol–water partition coefficient (Wildman–Crippen LogP) is 3.92. The molecule has 132 valence electrons. The highest BCUT2D eigenvalue weighted by atomic mass is 35.5. The lowest BCUT2D eigenvalue weighted by Gasteiger charge is -2.28. The van der Waals surface area contributed by atoms with Crippen molar-refractivity contribution in [1.82, 2.24) is 10.2 Å². The Bertz CT molecular complexity index is 695. The fraction of sp³-hybridized carbons (Fsp3) is 0.350. The highest BCUT2D eigenvalue weighted by Gasteiger charge is 2.24. The lowest BCUT2D eigenvalue weighted by molar-refractivity contribution is 0.0938. The molecule has 0 radical (unpaired) electrons. The third-order valence-corrected chi connectivity index (χ3v) is 4.90. The van der Waals surface area contributed by atoms with E-state index in [1.165, 1.54) is 18.4 Å². The van der Waals surface area contributed by atoms with Crippen LogP contribution < -0.4 is 10.1 Å². The first-order valence-electron chi connectivity index (χ1n) is 8.59. The van der Waals surface area contributed by atoms with Crippen molar-refractivity contribution in [2.45, 2.75) is 18.9 Å². The number of amides is 1. The number of likely N-dealkylation sites (tertiary alicyclic amines) is 1. The summed E-state index contributed by atoms with van der Waals surface area (Å²) in [6.45, 7) is 2.70. The predicted molar refractivity (Wildman–Crippen MR) is 100 cm³/mol. The average molecular weight is 359 g/mol. The highest BCUT2D eigenvalue weighted by molar-refractivity contribution is 6.30. The summed E-state index contributed by atoms with van der Waals surface area (Å²) in [4.78, 5) is 14.8. The molecule has 0 aliphatic carbocycles. The Kier molecular flexibility index (Phi) is 5.95. The number of hydrogen-bond donors (Lipinski definition) is 1. The van der Waals surface area contributed by atoms with Gasteiger partial charge in [-0.2, -0.15) is 0 Å². The lowest BCUT2D eigenvalue weighted by atomic mass is 10.0. The fourth-order valence-electron chi connectivity index (χ4n) is 3.23. The molecular formula is C20H23ClN2O2. The number of carbonyl (C=O) groups excluding carboxylic acids is 1. The van der Waals surface area contributed by atoms with E-state index in [2.05, 4.69) is 22.3 Å². The highest BCUT2D eigenvalue weighted by Crippen LogP contribution is 2.26. The Labute approximate surface area is 153 Å². The second-order valence-corrected chi connectivity index (χ2v) is 6.69. The molecule has 1 saturated heterocycles. The lowest BCUT2D eigenvalue weighted by Crippen LogP contribution is -2.36. The van der Waals surface area contributed by atoms with Gasteiger partial charge in [0.2, 0.25) is 0 Å². The molecule has 0 bridgehead atoms. The number of benzene rings is 2. The number of methoxy groups -OCH3 is 1. The quantitative estimate of drug-likeness (QED) is 0.851. The standard InChI is InChI=1S/C20H23ClN2O2/c1-25-18-10-6-15(7-11-18)19(23-12-2-3-13-23)14-22-20(24)16-4-8-17(21)9-5-16/h4-11,19H,2-3,12-14H2,1H3,(H,22,24)/t19-/m1/s1. The molecule has 1 aliphatic rings. The minimum Gasteiger partial charge on any atom is -0.497 e. The molecule has 0 unspecified atom stereocenters. The summed E-state index contributed by atoms with van der Waals surface area (Å²) in [5.74, 6) is 0.767. The van der Waals surface area contributed by atoms with Crippen molar-refractivity contribution in [3.63, 3.8) is 0 Å². The Morgan fingerprint density at radius 1 is 1.12 bits per heavy atom. The number of nitrogens with zero attached hydrogens (tertiary/aromatic N) is 1. The summed E-state index contributed by atoms with van der Waals surface area (Å²) >= 11 is 5.89. The van der Waals surface area contributed by atoms with Crippen LogP contribution in [0.4, 0.5) is 0 Å². The molecule has 25 heavy (non-hydrogen) atoms. The van der Waals surface area contributed by atoms with Gasteiger partial charge in [-0.05, 0) is 67.9 Å². The van der Waals surface area contributed by atoms with Gasteiger partial charge in [0.25, 0.3) is 5.91 Å². The monoisotopic (exact) mass is 358 g/mol. The van der Waals surface area contributed by atoms with Gasteiger partial charge in [-0.1, -0.05) is 23.7 Å². The average Bonchev–Trinajstić information content (AvgIpc) is 3.17. The molecule has 1 atom stereocenters. The van der Waals surface area contributed by atoms with Crippen molar-refractivity contribution in [3.05, 3.63) is 64.7 Å². The van der Waals surface area contributed by atoms with Crippen molar-refractivity contribution in [3.8, 4) is 5.75 Å². The van der Waals surface area contributed by atoms with Gasteiger partial charge in [-0.25, -0.2) is 0 Å². The molecule has 1 heterocycles. The molecule has 2 aromatic carbocycles. The Morgan fingerprint density at radius 3 is 2.36 bits per heavy atom. The molecule has 1 fully saturated rings. The fourth-order valence-corrected chi connectivity index (χ4v) is 3.36. The first kappa shape index (κ1) is 17.8. The van der Waals surface area contributed by atoms with Crippen LogP contribution >= 0.6 is 11.6 Å². The topological polar surface area (TPSA) is 41.6 Å². The number of halogens is 1. The van der Waals surface area contributed by atoms with Crippen LogP contribution in [0.2, 0.25) is 5.02 Å². The van der Waals surface area contributed by atoms with Gasteiger partial charge >= 0.3 is 0 Å². The first-order chi connectivity index (χ1) is 12.2. The van der Waals surface area contributed by atoms with Gasteiger partial charge in [-0.15, -0.1) is 0 Å².